The molecular weight excluding hydrogens is 189 g/mol. The monoisotopic (exact) mass is 200 g/mol. The number of hydrogen-bond acceptors (Lipinski definition) is 2. The van der Waals surface area contributed by atoms with Crippen molar-refractivity contribution in [1.82, 2.24) is 5.32 Å². The molecule has 3 heteroatoms. The van der Waals surface area contributed by atoms with Gasteiger partial charge < -0.3 is 11.1 Å². The van der Waals surface area contributed by atoms with Crippen molar-refractivity contribution in [1.29, 1.82) is 0 Å². The second-order valence-electron chi connectivity index (χ2n) is 1.93. The van der Waals surface area contributed by atoms with E-state index in [1.54, 1.807) is 6.54 Å². The summed E-state index contributed by atoms with van der Waals surface area (Å²) in [6.07, 6.45) is 3.12. The first-order chi connectivity index (χ1) is 3.93. The molecule has 0 unspecified atom stereocenters. The van der Waals surface area contributed by atoms with E-state index in [9.17, 15) is 0 Å². The Morgan fingerprint density at radius 2 is 2.56 bits per heavy atom. The Morgan fingerprint density at radius 1 is 1.78 bits per heavy atom. The van der Waals surface area contributed by atoms with Gasteiger partial charge in [0.15, 0.2) is 0 Å². The van der Waals surface area contributed by atoms with E-state index in [0.29, 0.717) is 0 Å². The van der Waals surface area contributed by atoms with Crippen molar-refractivity contribution in [2.24, 2.45) is 5.73 Å². The summed E-state index contributed by atoms with van der Waals surface area (Å²) in [6.45, 7) is 3.73. The summed E-state index contributed by atoms with van der Waals surface area (Å²) in [4.78, 5) is 0. The van der Waals surface area contributed by atoms with Crippen molar-refractivity contribution in [3.05, 3.63) is 18.2 Å². The van der Waals surface area contributed by atoms with E-state index < -0.39 is 0 Å². The van der Waals surface area contributed by atoms with Gasteiger partial charge in [-0.3, -0.25) is 6.54 Å². The quantitative estimate of drug-likeness (QED) is 0.487. The average molecular weight is 200 g/mol. The van der Waals surface area contributed by atoms with E-state index in [2.05, 4.69) is 11.4 Å². The molecule has 1 aliphatic heterocycles. The van der Waals surface area contributed by atoms with Gasteiger partial charge in [-0.15, -0.1) is 6.42 Å². The minimum absolute atomic E-state index is 0. The number of nitrogens with one attached hydrogen (secondary N) is 1. The van der Waals surface area contributed by atoms with Crippen molar-refractivity contribution in [2.45, 2.75) is 6.42 Å². The zero-order valence-corrected chi connectivity index (χ0v) is 8.27. The van der Waals surface area contributed by atoms with Crippen LogP contribution in [-0.2, 0) is 32.7 Å². The van der Waals surface area contributed by atoms with Gasteiger partial charge in [0.25, 0.3) is 0 Å². The van der Waals surface area contributed by atoms with E-state index in [0.717, 1.165) is 19.5 Å². The van der Waals surface area contributed by atoms with Crippen LogP contribution in [0.4, 0.5) is 0 Å². The molecule has 0 aliphatic carbocycles. The molecule has 0 fully saturated rings. The fourth-order valence-corrected chi connectivity index (χ4v) is 0.828. The molecule has 0 bridgehead atoms. The molecule has 0 amide bonds. The average Bonchev–Trinajstić information content (AvgIpc) is 2.19. The van der Waals surface area contributed by atoms with E-state index >= 15 is 0 Å². The van der Waals surface area contributed by atoms with E-state index in [1.165, 1.54) is 5.57 Å². The van der Waals surface area contributed by atoms with Gasteiger partial charge in [-0.2, -0.15) is 0 Å². The van der Waals surface area contributed by atoms with Gasteiger partial charge in [0.1, 0.15) is 0 Å². The predicted octanol–water partition coefficient (Wildman–Crippen LogP) is 0.0241. The molecule has 3 N–H and O–H groups in total. The fraction of sp³-hybridized carbons (Fsp3) is 0.500. The molecule has 1 heterocycles. The molecule has 0 aromatic heterocycles. The second-order valence-corrected chi connectivity index (χ2v) is 1.93. The largest absolute Gasteiger partial charge is 0.483 e. The smallest absolute Gasteiger partial charge is 0.0143 e. The molecule has 9 heavy (non-hydrogen) atoms. The third-order valence-electron chi connectivity index (χ3n) is 1.27. The molecule has 1 rings (SSSR count). The van der Waals surface area contributed by atoms with Crippen LogP contribution in [0.1, 0.15) is 6.42 Å². The SMILES string of the molecule is N[CH-]CC1=CCNC1.[Y]. The summed E-state index contributed by atoms with van der Waals surface area (Å²) in [5.41, 5.74) is 6.62. The Bertz CT molecular complexity index is 101. The number of rotatable bonds is 2. The van der Waals surface area contributed by atoms with Crippen LogP contribution >= 0.6 is 0 Å². The molecular formula is C6H11N2Y-. The fourth-order valence-electron chi connectivity index (χ4n) is 0.828. The third-order valence-corrected chi connectivity index (χ3v) is 1.27. The van der Waals surface area contributed by atoms with Crippen LogP contribution in [-0.4, -0.2) is 13.1 Å². The van der Waals surface area contributed by atoms with Crippen LogP contribution in [0.2, 0.25) is 0 Å². The number of nitrogens with two attached hydrogens (primary N) is 1. The van der Waals surface area contributed by atoms with Crippen LogP contribution in [0.25, 0.3) is 0 Å². The maximum Gasteiger partial charge on any atom is 0.0143 e. The predicted molar refractivity (Wildman–Crippen MR) is 34.1 cm³/mol. The molecule has 2 nitrogen and oxygen atoms in total. The normalized spacial score (nSPS) is 16.8. The molecule has 0 saturated heterocycles. The van der Waals surface area contributed by atoms with Gasteiger partial charge >= 0.3 is 0 Å². The van der Waals surface area contributed by atoms with Gasteiger partial charge in [0, 0.05) is 45.8 Å². The minimum Gasteiger partial charge on any atom is -0.483 e. The van der Waals surface area contributed by atoms with Gasteiger partial charge in [-0.25, -0.2) is 0 Å². The van der Waals surface area contributed by atoms with E-state index in [1.807, 2.05) is 0 Å². The third kappa shape index (κ3) is 3.46. The maximum atomic E-state index is 5.21. The Labute approximate surface area is 81.1 Å². The minimum atomic E-state index is 0. The van der Waals surface area contributed by atoms with Crippen molar-refractivity contribution in [3.63, 3.8) is 0 Å². The first-order valence-corrected chi connectivity index (χ1v) is 2.85. The van der Waals surface area contributed by atoms with E-state index in [-0.39, 0.29) is 32.7 Å². The summed E-state index contributed by atoms with van der Waals surface area (Å²) in [5, 5.41) is 3.19. The summed E-state index contributed by atoms with van der Waals surface area (Å²) < 4.78 is 0. The van der Waals surface area contributed by atoms with Crippen LogP contribution in [0, 0.1) is 6.54 Å². The Kier molecular flexibility index (Phi) is 6.01. The van der Waals surface area contributed by atoms with Gasteiger partial charge in [-0.1, -0.05) is 11.6 Å². The summed E-state index contributed by atoms with van der Waals surface area (Å²) in [7, 11) is 0. The molecule has 1 radical (unpaired) electrons. The molecule has 0 saturated carbocycles. The van der Waals surface area contributed by atoms with Crippen LogP contribution in [0.5, 0.6) is 0 Å². The van der Waals surface area contributed by atoms with Crippen LogP contribution < -0.4 is 11.1 Å². The topological polar surface area (TPSA) is 38.0 Å². The van der Waals surface area contributed by atoms with Crippen molar-refractivity contribution in [2.75, 3.05) is 13.1 Å². The Balaban J connectivity index is 0.000000640. The summed E-state index contributed by atoms with van der Waals surface area (Å²) >= 11 is 0. The maximum absolute atomic E-state index is 5.21. The van der Waals surface area contributed by atoms with Gasteiger partial charge in [-0.05, 0) is 0 Å². The Hall–Kier alpha value is 0.764. The van der Waals surface area contributed by atoms with E-state index in [4.69, 9.17) is 5.73 Å². The van der Waals surface area contributed by atoms with Crippen molar-refractivity contribution in [3.8, 4) is 0 Å². The molecule has 0 aromatic rings. The van der Waals surface area contributed by atoms with Crippen LogP contribution in [0.15, 0.2) is 11.6 Å². The summed E-state index contributed by atoms with van der Waals surface area (Å²) in [5.74, 6) is 0. The zero-order valence-electron chi connectivity index (χ0n) is 5.43. The molecule has 49 valence electrons. The summed E-state index contributed by atoms with van der Waals surface area (Å²) in [6, 6.07) is 0. The molecule has 1 aliphatic rings. The molecule has 0 atom stereocenters. The van der Waals surface area contributed by atoms with Crippen LogP contribution in [0.3, 0.4) is 0 Å². The zero-order chi connectivity index (χ0) is 5.82. The first kappa shape index (κ1) is 9.76. The van der Waals surface area contributed by atoms with Gasteiger partial charge in [0.2, 0.25) is 0 Å². The van der Waals surface area contributed by atoms with Crippen molar-refractivity contribution >= 4 is 0 Å². The standard InChI is InChI=1S/C6H11N2.Y/c7-3-1-6-2-4-8-5-6;/h2-3,8H,1,4-5,7H2;/q-1;. The molecule has 0 spiro atoms. The number of hydrogen-bond donors (Lipinski definition) is 2. The van der Waals surface area contributed by atoms with Gasteiger partial charge in [0.05, 0.1) is 0 Å². The Morgan fingerprint density at radius 3 is 3.00 bits per heavy atom. The second kappa shape index (κ2) is 5.54. The first-order valence-electron chi connectivity index (χ1n) is 2.85. The molecule has 0 aromatic carbocycles. The van der Waals surface area contributed by atoms with Crippen molar-refractivity contribution < 1.29 is 32.7 Å².